The molecule has 0 radical (unpaired) electrons. The van der Waals surface area contributed by atoms with Gasteiger partial charge >= 0.3 is 0 Å². The van der Waals surface area contributed by atoms with Gasteiger partial charge in [-0.25, -0.2) is 0 Å². The minimum absolute atomic E-state index is 0.213. The lowest BCUT2D eigenvalue weighted by molar-refractivity contribution is 0.222. The van der Waals surface area contributed by atoms with Crippen LogP contribution in [0.3, 0.4) is 0 Å². The molecule has 5 heteroatoms. The lowest BCUT2D eigenvalue weighted by atomic mass is 10.0. The molecule has 1 aliphatic rings. The van der Waals surface area contributed by atoms with E-state index in [0.29, 0.717) is 23.1 Å². The Balaban J connectivity index is 2.20. The van der Waals surface area contributed by atoms with Gasteiger partial charge in [0.1, 0.15) is 0 Å². The smallest absolute Gasteiger partial charge is 0.162 e. The van der Waals surface area contributed by atoms with Crippen molar-refractivity contribution in [2.75, 3.05) is 31.9 Å². The molecule has 2 unspecified atom stereocenters. The van der Waals surface area contributed by atoms with Gasteiger partial charge in [-0.3, -0.25) is 0 Å². The summed E-state index contributed by atoms with van der Waals surface area (Å²) in [5.74, 6) is 1.57. The Kier molecular flexibility index (Phi) is 4.37. The number of benzene rings is 1. The first-order valence-corrected chi connectivity index (χ1v) is 6.58. The van der Waals surface area contributed by atoms with E-state index in [1.165, 1.54) is 0 Å². The molecule has 1 aliphatic carbocycles. The van der Waals surface area contributed by atoms with Crippen LogP contribution in [0, 0.1) is 5.92 Å². The van der Waals surface area contributed by atoms with Gasteiger partial charge in [-0.1, -0.05) is 6.42 Å². The fourth-order valence-electron chi connectivity index (χ4n) is 2.66. The first kappa shape index (κ1) is 13.8. The number of nitrogen functional groups attached to an aromatic ring is 1. The molecule has 0 saturated heterocycles. The Morgan fingerprint density at radius 3 is 2.58 bits per heavy atom. The maximum absolute atomic E-state index is 9.35. The number of methoxy groups -OCH3 is 2. The molecule has 5 nitrogen and oxygen atoms in total. The SMILES string of the molecule is COc1cc(N)c(NC2CCCC2CO)cc1OC. The highest BCUT2D eigenvalue weighted by Crippen LogP contribution is 2.37. The maximum Gasteiger partial charge on any atom is 0.162 e. The molecule has 2 rings (SSSR count). The molecular formula is C14H22N2O3. The Bertz CT molecular complexity index is 437. The Morgan fingerprint density at radius 1 is 1.26 bits per heavy atom. The predicted octanol–water partition coefficient (Wildman–Crippen LogP) is 1.86. The molecule has 0 amide bonds. The van der Waals surface area contributed by atoms with E-state index in [-0.39, 0.29) is 12.6 Å². The van der Waals surface area contributed by atoms with Gasteiger partial charge in [-0.05, 0) is 12.8 Å². The van der Waals surface area contributed by atoms with E-state index in [2.05, 4.69) is 5.32 Å². The van der Waals surface area contributed by atoms with Gasteiger partial charge in [0.15, 0.2) is 11.5 Å². The molecule has 0 heterocycles. The van der Waals surface area contributed by atoms with Crippen molar-refractivity contribution in [2.24, 2.45) is 5.92 Å². The zero-order valence-corrected chi connectivity index (χ0v) is 11.5. The summed E-state index contributed by atoms with van der Waals surface area (Å²) < 4.78 is 10.5. The van der Waals surface area contributed by atoms with Crippen molar-refractivity contribution < 1.29 is 14.6 Å². The number of nitrogens with one attached hydrogen (secondary N) is 1. The van der Waals surface area contributed by atoms with Crippen molar-refractivity contribution in [2.45, 2.75) is 25.3 Å². The molecule has 2 atom stereocenters. The van der Waals surface area contributed by atoms with Crippen LogP contribution in [0.4, 0.5) is 11.4 Å². The second-order valence-corrected chi connectivity index (χ2v) is 4.92. The van der Waals surface area contributed by atoms with Crippen LogP contribution >= 0.6 is 0 Å². The van der Waals surface area contributed by atoms with Gasteiger partial charge in [-0.2, -0.15) is 0 Å². The molecule has 0 bridgehead atoms. The fourth-order valence-corrected chi connectivity index (χ4v) is 2.66. The van der Waals surface area contributed by atoms with Crippen LogP contribution in [0.5, 0.6) is 11.5 Å². The lowest BCUT2D eigenvalue weighted by Gasteiger charge is -2.22. The van der Waals surface area contributed by atoms with Gasteiger partial charge in [0.2, 0.25) is 0 Å². The molecule has 1 aromatic rings. The molecule has 0 spiro atoms. The summed E-state index contributed by atoms with van der Waals surface area (Å²) in [6.07, 6.45) is 3.25. The molecular weight excluding hydrogens is 244 g/mol. The van der Waals surface area contributed by atoms with E-state index in [1.807, 2.05) is 6.07 Å². The molecule has 0 aliphatic heterocycles. The van der Waals surface area contributed by atoms with Crippen molar-refractivity contribution in [3.05, 3.63) is 12.1 Å². The highest BCUT2D eigenvalue weighted by molar-refractivity contribution is 5.72. The van der Waals surface area contributed by atoms with E-state index in [0.717, 1.165) is 24.9 Å². The molecule has 19 heavy (non-hydrogen) atoms. The van der Waals surface area contributed by atoms with Crippen LogP contribution in [0.2, 0.25) is 0 Å². The van der Waals surface area contributed by atoms with E-state index in [1.54, 1.807) is 20.3 Å². The predicted molar refractivity (Wildman–Crippen MR) is 75.8 cm³/mol. The van der Waals surface area contributed by atoms with E-state index >= 15 is 0 Å². The standard InChI is InChI=1S/C14H22N2O3/c1-18-13-6-10(15)12(7-14(13)19-2)16-11-5-3-4-9(11)8-17/h6-7,9,11,16-17H,3-5,8,15H2,1-2H3. The molecule has 0 aromatic heterocycles. The summed E-state index contributed by atoms with van der Waals surface area (Å²) in [6.45, 7) is 0.213. The number of aliphatic hydroxyl groups is 1. The second-order valence-electron chi connectivity index (χ2n) is 4.92. The topological polar surface area (TPSA) is 76.7 Å². The number of rotatable bonds is 5. The van der Waals surface area contributed by atoms with Gasteiger partial charge in [0.05, 0.1) is 25.6 Å². The largest absolute Gasteiger partial charge is 0.493 e. The third kappa shape index (κ3) is 2.87. The monoisotopic (exact) mass is 266 g/mol. The second kappa shape index (κ2) is 6.02. The molecule has 1 saturated carbocycles. The summed E-state index contributed by atoms with van der Waals surface area (Å²) >= 11 is 0. The number of hydrogen-bond donors (Lipinski definition) is 3. The van der Waals surface area contributed by atoms with E-state index in [9.17, 15) is 5.11 Å². The number of nitrogens with two attached hydrogens (primary N) is 1. The summed E-state index contributed by atoms with van der Waals surface area (Å²) in [5, 5.41) is 12.8. The summed E-state index contributed by atoms with van der Waals surface area (Å²) in [4.78, 5) is 0. The zero-order valence-electron chi connectivity index (χ0n) is 11.5. The van der Waals surface area contributed by atoms with Crippen molar-refractivity contribution in [1.82, 2.24) is 0 Å². The number of aliphatic hydroxyl groups excluding tert-OH is 1. The third-order valence-corrected chi connectivity index (χ3v) is 3.79. The van der Waals surface area contributed by atoms with E-state index < -0.39 is 0 Å². The van der Waals surface area contributed by atoms with Crippen molar-refractivity contribution >= 4 is 11.4 Å². The number of ether oxygens (including phenoxy) is 2. The van der Waals surface area contributed by atoms with Gasteiger partial charge in [-0.15, -0.1) is 0 Å². The summed E-state index contributed by atoms with van der Waals surface area (Å²) in [6, 6.07) is 3.87. The van der Waals surface area contributed by atoms with Crippen molar-refractivity contribution in [1.29, 1.82) is 0 Å². The Hall–Kier alpha value is -1.62. The summed E-state index contributed by atoms with van der Waals surface area (Å²) in [5.41, 5.74) is 7.49. The van der Waals surface area contributed by atoms with Crippen molar-refractivity contribution in [3.8, 4) is 11.5 Å². The minimum Gasteiger partial charge on any atom is -0.493 e. The van der Waals surface area contributed by atoms with Crippen LogP contribution in [-0.4, -0.2) is 32.0 Å². The Labute approximate surface area is 113 Å². The van der Waals surface area contributed by atoms with Gasteiger partial charge < -0.3 is 25.6 Å². The van der Waals surface area contributed by atoms with Crippen LogP contribution in [0.15, 0.2) is 12.1 Å². The third-order valence-electron chi connectivity index (χ3n) is 3.79. The van der Waals surface area contributed by atoms with E-state index in [4.69, 9.17) is 15.2 Å². The van der Waals surface area contributed by atoms with Gasteiger partial charge in [0.25, 0.3) is 0 Å². The highest BCUT2D eigenvalue weighted by Gasteiger charge is 2.27. The first-order chi connectivity index (χ1) is 9.19. The first-order valence-electron chi connectivity index (χ1n) is 6.58. The lowest BCUT2D eigenvalue weighted by Crippen LogP contribution is -2.26. The maximum atomic E-state index is 9.35. The van der Waals surface area contributed by atoms with Crippen LogP contribution in [-0.2, 0) is 0 Å². The molecule has 106 valence electrons. The zero-order chi connectivity index (χ0) is 13.8. The molecule has 4 N–H and O–H groups in total. The highest BCUT2D eigenvalue weighted by atomic mass is 16.5. The quantitative estimate of drug-likeness (QED) is 0.709. The molecule has 1 fully saturated rings. The number of hydrogen-bond acceptors (Lipinski definition) is 5. The Morgan fingerprint density at radius 2 is 1.95 bits per heavy atom. The van der Waals surface area contributed by atoms with Crippen LogP contribution < -0.4 is 20.5 Å². The fraction of sp³-hybridized carbons (Fsp3) is 0.571. The number of anilines is 2. The summed E-state index contributed by atoms with van der Waals surface area (Å²) in [7, 11) is 3.19. The average Bonchev–Trinajstić information content (AvgIpc) is 2.87. The van der Waals surface area contributed by atoms with Crippen LogP contribution in [0.1, 0.15) is 19.3 Å². The van der Waals surface area contributed by atoms with Gasteiger partial charge in [0, 0.05) is 30.7 Å². The molecule has 1 aromatic carbocycles. The minimum atomic E-state index is 0.213. The van der Waals surface area contributed by atoms with Crippen molar-refractivity contribution in [3.63, 3.8) is 0 Å². The normalized spacial score (nSPS) is 22.3. The van der Waals surface area contributed by atoms with Crippen LogP contribution in [0.25, 0.3) is 0 Å². The average molecular weight is 266 g/mol.